The third-order valence-electron chi connectivity index (χ3n) is 6.47. The first kappa shape index (κ1) is 21.1. The van der Waals surface area contributed by atoms with Gasteiger partial charge in [-0.3, -0.25) is 9.79 Å². The largest absolute Gasteiger partial charge is 0.431 e. The maximum absolute atomic E-state index is 11.8. The van der Waals surface area contributed by atoms with E-state index in [2.05, 4.69) is 39.3 Å². The average Bonchev–Trinajstić information content (AvgIpc) is 3.29. The summed E-state index contributed by atoms with van der Waals surface area (Å²) in [5.41, 5.74) is 3.08. The lowest BCUT2D eigenvalue weighted by molar-refractivity contribution is -0.133. The standard InChI is InChI=1S/C25H28N4O2S/c1-16-11-23-24(27-14-16)28-25(32-23)31-22-7-3-18(4-8-22)9-10-26-15-19-12-20-5-6-21(13-19)29(20)17(2)30/h3-4,7-8,11,14-15,19-21H,5-6,9-10,12-13H2,1-2H3/t19?,20-,21?/m1/s1. The van der Waals surface area contributed by atoms with E-state index in [1.165, 1.54) is 16.9 Å². The molecule has 2 unspecified atom stereocenters. The monoisotopic (exact) mass is 448 g/mol. The van der Waals surface area contributed by atoms with Gasteiger partial charge in [0, 0.05) is 38.0 Å². The molecule has 3 atom stereocenters. The number of nitrogens with zero attached hydrogens (tertiary/aromatic N) is 4. The van der Waals surface area contributed by atoms with Gasteiger partial charge in [0.2, 0.25) is 5.91 Å². The molecular weight excluding hydrogens is 420 g/mol. The van der Waals surface area contributed by atoms with Crippen molar-refractivity contribution in [3.05, 3.63) is 47.7 Å². The molecule has 0 aliphatic carbocycles. The number of rotatable bonds is 6. The van der Waals surface area contributed by atoms with Crippen molar-refractivity contribution in [3.63, 3.8) is 0 Å². The maximum Gasteiger partial charge on any atom is 0.281 e. The number of ether oxygens (including phenoxy) is 1. The fourth-order valence-electron chi connectivity index (χ4n) is 5.04. The molecule has 2 aromatic heterocycles. The maximum atomic E-state index is 11.8. The molecule has 3 aromatic rings. The molecule has 4 heterocycles. The Balaban J connectivity index is 1.11. The molecule has 2 aliphatic rings. The molecule has 0 N–H and O–H groups in total. The van der Waals surface area contributed by atoms with Gasteiger partial charge in [0.05, 0.1) is 4.70 Å². The molecule has 7 heteroatoms. The second-order valence-corrected chi connectivity index (χ2v) is 9.90. The molecule has 0 spiro atoms. The Morgan fingerprint density at radius 1 is 1.25 bits per heavy atom. The molecule has 0 saturated carbocycles. The number of amides is 1. The van der Waals surface area contributed by atoms with Gasteiger partial charge >= 0.3 is 0 Å². The van der Waals surface area contributed by atoms with Crippen LogP contribution in [0.25, 0.3) is 10.3 Å². The second-order valence-electron chi connectivity index (χ2n) is 8.91. The normalized spacial score (nSPS) is 22.7. The van der Waals surface area contributed by atoms with Crippen LogP contribution in [0.15, 0.2) is 41.5 Å². The van der Waals surface area contributed by atoms with E-state index in [4.69, 9.17) is 9.73 Å². The van der Waals surface area contributed by atoms with Gasteiger partial charge in [-0.05, 0) is 74.3 Å². The molecular formula is C25H28N4O2S. The summed E-state index contributed by atoms with van der Waals surface area (Å²) in [6.45, 7) is 4.51. The Kier molecular flexibility index (Phi) is 5.91. The summed E-state index contributed by atoms with van der Waals surface area (Å²) in [7, 11) is 0. The number of pyridine rings is 1. The van der Waals surface area contributed by atoms with Crippen LogP contribution in [0.2, 0.25) is 0 Å². The Bertz CT molecular complexity index is 1130. The third-order valence-corrected chi connectivity index (χ3v) is 7.34. The number of thiazole rings is 1. The molecule has 2 saturated heterocycles. The quantitative estimate of drug-likeness (QED) is 0.487. The lowest BCUT2D eigenvalue weighted by Crippen LogP contribution is -2.45. The molecule has 5 rings (SSSR count). The molecule has 2 bridgehead atoms. The summed E-state index contributed by atoms with van der Waals surface area (Å²) in [5, 5.41) is 0.611. The topological polar surface area (TPSA) is 67.7 Å². The minimum atomic E-state index is 0.232. The van der Waals surface area contributed by atoms with Crippen molar-refractivity contribution in [3.8, 4) is 10.9 Å². The number of benzene rings is 1. The van der Waals surface area contributed by atoms with Crippen LogP contribution in [0.1, 0.15) is 43.7 Å². The Labute approximate surface area is 192 Å². The lowest BCUT2D eigenvalue weighted by atomic mass is 9.91. The highest BCUT2D eigenvalue weighted by Gasteiger charge is 2.41. The number of hydrogen-bond donors (Lipinski definition) is 0. The van der Waals surface area contributed by atoms with Crippen LogP contribution in [0, 0.1) is 12.8 Å². The summed E-state index contributed by atoms with van der Waals surface area (Å²) in [4.78, 5) is 27.4. The molecule has 32 heavy (non-hydrogen) atoms. The van der Waals surface area contributed by atoms with Crippen LogP contribution in [0.4, 0.5) is 0 Å². The van der Waals surface area contributed by atoms with E-state index in [1.807, 2.05) is 25.3 Å². The average molecular weight is 449 g/mol. The summed E-state index contributed by atoms with van der Waals surface area (Å²) in [5.74, 6) is 1.52. The van der Waals surface area contributed by atoms with Gasteiger partial charge in [0.25, 0.3) is 5.19 Å². The number of aromatic nitrogens is 2. The highest BCUT2D eigenvalue weighted by Crippen LogP contribution is 2.38. The minimum Gasteiger partial charge on any atom is -0.431 e. The van der Waals surface area contributed by atoms with E-state index in [-0.39, 0.29) is 5.91 Å². The van der Waals surface area contributed by atoms with Gasteiger partial charge in [-0.25, -0.2) is 4.98 Å². The first-order chi connectivity index (χ1) is 15.5. The number of fused-ring (bicyclic) bond motifs is 3. The number of hydrogen-bond acceptors (Lipinski definition) is 6. The number of aliphatic imine (C=N–C) groups is 1. The highest BCUT2D eigenvalue weighted by atomic mass is 32.1. The van der Waals surface area contributed by atoms with Crippen LogP contribution in [-0.2, 0) is 11.2 Å². The van der Waals surface area contributed by atoms with Crippen molar-refractivity contribution in [1.29, 1.82) is 0 Å². The van der Waals surface area contributed by atoms with Crippen molar-refractivity contribution >= 4 is 33.8 Å². The second kappa shape index (κ2) is 8.98. The molecule has 2 aliphatic heterocycles. The van der Waals surface area contributed by atoms with Crippen molar-refractivity contribution in [2.24, 2.45) is 10.9 Å². The predicted octanol–water partition coefficient (Wildman–Crippen LogP) is 5.19. The first-order valence-electron chi connectivity index (χ1n) is 11.3. The fourth-order valence-corrected chi connectivity index (χ4v) is 5.93. The minimum absolute atomic E-state index is 0.232. The fraction of sp³-hybridized carbons (Fsp3) is 0.440. The predicted molar refractivity (Wildman–Crippen MR) is 128 cm³/mol. The third kappa shape index (κ3) is 4.53. The van der Waals surface area contributed by atoms with Gasteiger partial charge in [0.15, 0.2) is 5.65 Å². The highest BCUT2D eigenvalue weighted by molar-refractivity contribution is 7.20. The van der Waals surface area contributed by atoms with E-state index in [0.717, 1.165) is 60.3 Å². The van der Waals surface area contributed by atoms with E-state index in [1.54, 1.807) is 6.92 Å². The van der Waals surface area contributed by atoms with Crippen molar-refractivity contribution in [1.82, 2.24) is 14.9 Å². The molecule has 166 valence electrons. The lowest BCUT2D eigenvalue weighted by Gasteiger charge is -2.37. The molecule has 6 nitrogen and oxygen atoms in total. The molecule has 1 amide bonds. The molecule has 2 fully saturated rings. The van der Waals surface area contributed by atoms with E-state index in [0.29, 0.717) is 23.2 Å². The van der Waals surface area contributed by atoms with Crippen LogP contribution in [-0.4, -0.2) is 45.6 Å². The van der Waals surface area contributed by atoms with Gasteiger partial charge in [0.1, 0.15) is 5.75 Å². The van der Waals surface area contributed by atoms with Crippen LogP contribution in [0.5, 0.6) is 10.9 Å². The van der Waals surface area contributed by atoms with Crippen molar-refractivity contribution in [2.45, 2.75) is 58.0 Å². The van der Waals surface area contributed by atoms with E-state index in [9.17, 15) is 4.79 Å². The molecule has 0 radical (unpaired) electrons. The van der Waals surface area contributed by atoms with Gasteiger partial charge in [-0.2, -0.15) is 4.98 Å². The zero-order chi connectivity index (χ0) is 22.1. The van der Waals surface area contributed by atoms with Gasteiger partial charge in [-0.1, -0.05) is 23.5 Å². The summed E-state index contributed by atoms with van der Waals surface area (Å²) in [6, 6.07) is 11.1. The number of aryl methyl sites for hydroxylation is 1. The number of carbonyl (C=O) groups excluding carboxylic acids is 1. The first-order valence-corrected chi connectivity index (χ1v) is 12.2. The summed E-state index contributed by atoms with van der Waals surface area (Å²) in [6.07, 6.45) is 9.29. The van der Waals surface area contributed by atoms with Gasteiger partial charge < -0.3 is 9.64 Å². The Morgan fingerprint density at radius 2 is 2.00 bits per heavy atom. The zero-order valence-corrected chi connectivity index (χ0v) is 19.3. The Hall–Kier alpha value is -2.80. The Morgan fingerprint density at radius 3 is 2.72 bits per heavy atom. The zero-order valence-electron chi connectivity index (χ0n) is 18.5. The van der Waals surface area contributed by atoms with E-state index >= 15 is 0 Å². The number of carbonyl (C=O) groups is 1. The summed E-state index contributed by atoms with van der Waals surface area (Å²) < 4.78 is 6.96. The van der Waals surface area contributed by atoms with Crippen LogP contribution < -0.4 is 4.74 Å². The van der Waals surface area contributed by atoms with Crippen molar-refractivity contribution in [2.75, 3.05) is 6.54 Å². The van der Waals surface area contributed by atoms with Crippen LogP contribution in [0.3, 0.4) is 0 Å². The number of piperidine rings is 1. The van der Waals surface area contributed by atoms with Crippen molar-refractivity contribution < 1.29 is 9.53 Å². The van der Waals surface area contributed by atoms with E-state index < -0.39 is 0 Å². The summed E-state index contributed by atoms with van der Waals surface area (Å²) >= 11 is 1.51. The SMILES string of the molecule is CC(=O)N1C2CC[C@@H]1CC(C=NCCc1ccc(Oc3nc4ncc(C)cc4s3)cc1)C2. The smallest absolute Gasteiger partial charge is 0.281 e. The molecule has 1 aromatic carbocycles. The van der Waals surface area contributed by atoms with Gasteiger partial charge in [-0.15, -0.1) is 0 Å². The van der Waals surface area contributed by atoms with Crippen LogP contribution >= 0.6 is 11.3 Å².